The van der Waals surface area contributed by atoms with E-state index in [1.165, 1.54) is 0 Å². The van der Waals surface area contributed by atoms with Gasteiger partial charge >= 0.3 is 0 Å². The first-order valence-corrected chi connectivity index (χ1v) is 5.66. The van der Waals surface area contributed by atoms with E-state index in [0.29, 0.717) is 6.61 Å². The molecule has 4 heteroatoms. The zero-order chi connectivity index (χ0) is 11.1. The van der Waals surface area contributed by atoms with Gasteiger partial charge in [0.15, 0.2) is 5.79 Å². The van der Waals surface area contributed by atoms with Gasteiger partial charge < -0.3 is 19.1 Å². The molecule has 1 heterocycles. The van der Waals surface area contributed by atoms with Gasteiger partial charge in [0.1, 0.15) is 0 Å². The number of piperidine rings is 1. The fraction of sp³-hybridized carbons (Fsp3) is 1.00. The highest BCUT2D eigenvalue weighted by Crippen LogP contribution is 2.26. The predicted octanol–water partition coefficient (Wildman–Crippen LogP) is 1.11. The largest absolute Gasteiger partial charge is 0.383 e. The van der Waals surface area contributed by atoms with Crippen molar-refractivity contribution in [3.05, 3.63) is 0 Å². The Kier molecular flexibility index (Phi) is 5.53. The zero-order valence-corrected chi connectivity index (χ0v) is 10.1. The highest BCUT2D eigenvalue weighted by molar-refractivity contribution is 4.79. The molecular weight excluding hydrogens is 194 g/mol. The van der Waals surface area contributed by atoms with E-state index in [9.17, 15) is 0 Å². The molecule has 0 saturated carbocycles. The Hall–Kier alpha value is -0.160. The van der Waals surface area contributed by atoms with Crippen molar-refractivity contribution in [3.63, 3.8) is 0 Å². The van der Waals surface area contributed by atoms with E-state index in [0.717, 1.165) is 39.1 Å². The SMILES string of the molecule is CCOC1(OC)CCN(CCOC)CC1. The minimum absolute atomic E-state index is 0.335. The third-order valence-corrected chi connectivity index (χ3v) is 3.01. The van der Waals surface area contributed by atoms with Crippen LogP contribution in [-0.2, 0) is 14.2 Å². The van der Waals surface area contributed by atoms with Gasteiger partial charge in [-0.2, -0.15) is 0 Å². The van der Waals surface area contributed by atoms with Crippen LogP contribution in [0.25, 0.3) is 0 Å². The summed E-state index contributed by atoms with van der Waals surface area (Å²) in [6.45, 7) is 6.58. The number of ether oxygens (including phenoxy) is 3. The maximum absolute atomic E-state index is 5.69. The summed E-state index contributed by atoms with van der Waals surface area (Å²) in [5.74, 6) is -0.335. The highest BCUT2D eigenvalue weighted by atomic mass is 16.7. The molecule has 0 aromatic rings. The molecule has 0 spiro atoms. The number of methoxy groups -OCH3 is 2. The van der Waals surface area contributed by atoms with Gasteiger partial charge in [0.2, 0.25) is 0 Å². The van der Waals surface area contributed by atoms with Crippen molar-refractivity contribution < 1.29 is 14.2 Å². The fourth-order valence-corrected chi connectivity index (χ4v) is 2.01. The van der Waals surface area contributed by atoms with Crippen molar-refractivity contribution in [2.75, 3.05) is 47.1 Å². The molecule has 1 aliphatic rings. The zero-order valence-electron chi connectivity index (χ0n) is 10.1. The Labute approximate surface area is 92.5 Å². The molecular formula is C11H23NO3. The van der Waals surface area contributed by atoms with Gasteiger partial charge in [0, 0.05) is 53.3 Å². The average molecular weight is 217 g/mol. The van der Waals surface area contributed by atoms with Crippen LogP contribution >= 0.6 is 0 Å². The van der Waals surface area contributed by atoms with Crippen LogP contribution in [0.4, 0.5) is 0 Å². The number of hydrogen-bond acceptors (Lipinski definition) is 4. The molecule has 0 N–H and O–H groups in total. The lowest BCUT2D eigenvalue weighted by Gasteiger charge is -2.40. The molecule has 0 amide bonds. The van der Waals surface area contributed by atoms with Crippen LogP contribution in [-0.4, -0.2) is 57.8 Å². The Morgan fingerprint density at radius 2 is 1.87 bits per heavy atom. The molecule has 90 valence electrons. The number of rotatable bonds is 6. The Morgan fingerprint density at radius 1 is 1.20 bits per heavy atom. The van der Waals surface area contributed by atoms with Gasteiger partial charge in [-0.1, -0.05) is 0 Å². The van der Waals surface area contributed by atoms with Crippen LogP contribution in [0.5, 0.6) is 0 Å². The first-order chi connectivity index (χ1) is 7.26. The topological polar surface area (TPSA) is 30.9 Å². The fourth-order valence-electron chi connectivity index (χ4n) is 2.01. The second-order valence-corrected chi connectivity index (χ2v) is 3.88. The third kappa shape index (κ3) is 3.72. The van der Waals surface area contributed by atoms with Crippen LogP contribution < -0.4 is 0 Å². The van der Waals surface area contributed by atoms with Gasteiger partial charge in [-0.3, -0.25) is 0 Å². The molecule has 0 aliphatic carbocycles. The number of hydrogen-bond donors (Lipinski definition) is 0. The molecule has 0 aromatic heterocycles. The van der Waals surface area contributed by atoms with Gasteiger partial charge in [-0.15, -0.1) is 0 Å². The Morgan fingerprint density at radius 3 is 2.33 bits per heavy atom. The van der Waals surface area contributed by atoms with E-state index in [4.69, 9.17) is 14.2 Å². The van der Waals surface area contributed by atoms with Crippen LogP contribution in [0.1, 0.15) is 19.8 Å². The van der Waals surface area contributed by atoms with Crippen LogP contribution in [0.15, 0.2) is 0 Å². The van der Waals surface area contributed by atoms with E-state index in [-0.39, 0.29) is 5.79 Å². The Bertz CT molecular complexity index is 167. The van der Waals surface area contributed by atoms with E-state index in [1.54, 1.807) is 14.2 Å². The van der Waals surface area contributed by atoms with Crippen molar-refractivity contribution in [2.24, 2.45) is 0 Å². The van der Waals surface area contributed by atoms with Crippen molar-refractivity contribution in [3.8, 4) is 0 Å². The first kappa shape index (κ1) is 12.9. The average Bonchev–Trinajstić information content (AvgIpc) is 2.29. The minimum atomic E-state index is -0.335. The molecule has 0 unspecified atom stereocenters. The molecule has 15 heavy (non-hydrogen) atoms. The monoisotopic (exact) mass is 217 g/mol. The maximum Gasteiger partial charge on any atom is 0.170 e. The normalized spacial score (nSPS) is 21.8. The van der Waals surface area contributed by atoms with E-state index in [2.05, 4.69) is 4.90 Å². The summed E-state index contributed by atoms with van der Waals surface area (Å²) in [5.41, 5.74) is 0. The maximum atomic E-state index is 5.69. The van der Waals surface area contributed by atoms with E-state index >= 15 is 0 Å². The van der Waals surface area contributed by atoms with E-state index < -0.39 is 0 Å². The van der Waals surface area contributed by atoms with Crippen molar-refractivity contribution in [2.45, 2.75) is 25.6 Å². The smallest absolute Gasteiger partial charge is 0.170 e. The Balaban J connectivity index is 2.32. The summed E-state index contributed by atoms with van der Waals surface area (Å²) in [5, 5.41) is 0. The van der Waals surface area contributed by atoms with Crippen LogP contribution in [0.2, 0.25) is 0 Å². The number of nitrogens with zero attached hydrogens (tertiary/aromatic N) is 1. The third-order valence-electron chi connectivity index (χ3n) is 3.01. The lowest BCUT2D eigenvalue weighted by atomic mass is 10.0. The molecule has 1 rings (SSSR count). The van der Waals surface area contributed by atoms with Crippen LogP contribution in [0, 0.1) is 0 Å². The molecule has 0 bridgehead atoms. The van der Waals surface area contributed by atoms with Gasteiger partial charge in [0.05, 0.1) is 6.61 Å². The highest BCUT2D eigenvalue weighted by Gasteiger charge is 2.34. The molecule has 1 aliphatic heterocycles. The quantitative estimate of drug-likeness (QED) is 0.624. The lowest BCUT2D eigenvalue weighted by molar-refractivity contribution is -0.241. The first-order valence-electron chi connectivity index (χ1n) is 5.66. The minimum Gasteiger partial charge on any atom is -0.383 e. The lowest BCUT2D eigenvalue weighted by Crippen LogP contribution is -2.48. The number of likely N-dealkylation sites (tertiary alicyclic amines) is 1. The molecule has 0 aromatic carbocycles. The molecule has 1 saturated heterocycles. The molecule has 0 atom stereocenters. The van der Waals surface area contributed by atoms with Gasteiger partial charge in [-0.25, -0.2) is 0 Å². The molecule has 0 radical (unpaired) electrons. The standard InChI is InChI=1S/C11H23NO3/c1-4-15-11(14-3)5-7-12(8-6-11)9-10-13-2/h4-10H2,1-3H3. The van der Waals surface area contributed by atoms with Crippen molar-refractivity contribution >= 4 is 0 Å². The van der Waals surface area contributed by atoms with Crippen molar-refractivity contribution in [1.29, 1.82) is 0 Å². The molecule has 4 nitrogen and oxygen atoms in total. The van der Waals surface area contributed by atoms with Crippen molar-refractivity contribution in [1.82, 2.24) is 4.90 Å². The second-order valence-electron chi connectivity index (χ2n) is 3.88. The predicted molar refractivity (Wildman–Crippen MR) is 58.9 cm³/mol. The summed E-state index contributed by atoms with van der Waals surface area (Å²) in [4.78, 5) is 2.39. The van der Waals surface area contributed by atoms with Gasteiger partial charge in [0.25, 0.3) is 0 Å². The second kappa shape index (κ2) is 6.43. The molecule has 1 fully saturated rings. The summed E-state index contributed by atoms with van der Waals surface area (Å²) >= 11 is 0. The summed E-state index contributed by atoms with van der Waals surface area (Å²) < 4.78 is 16.3. The van der Waals surface area contributed by atoms with Crippen LogP contribution in [0.3, 0.4) is 0 Å². The summed E-state index contributed by atoms with van der Waals surface area (Å²) in [6, 6.07) is 0. The van der Waals surface area contributed by atoms with E-state index in [1.807, 2.05) is 6.92 Å². The summed E-state index contributed by atoms with van der Waals surface area (Å²) in [6.07, 6.45) is 1.89. The van der Waals surface area contributed by atoms with Gasteiger partial charge in [-0.05, 0) is 6.92 Å². The summed E-state index contributed by atoms with van der Waals surface area (Å²) in [7, 11) is 3.48.